The minimum absolute atomic E-state index is 0.152. The highest BCUT2D eigenvalue weighted by Crippen LogP contribution is 2.09. The van der Waals surface area contributed by atoms with Crippen molar-refractivity contribution >= 4 is 5.69 Å². The van der Waals surface area contributed by atoms with Crippen LogP contribution in [0.4, 0.5) is 10.1 Å². The Balaban J connectivity index is 2.52. The van der Waals surface area contributed by atoms with Gasteiger partial charge in [0.1, 0.15) is 0 Å². The van der Waals surface area contributed by atoms with Crippen molar-refractivity contribution in [2.24, 2.45) is 0 Å². The lowest BCUT2D eigenvalue weighted by atomic mass is 10.4. The normalized spacial score (nSPS) is 10.2. The van der Waals surface area contributed by atoms with Gasteiger partial charge in [-0.1, -0.05) is 0 Å². The molecule has 0 saturated carbocycles. The number of hydrogen-bond donors (Lipinski definition) is 1. The van der Waals surface area contributed by atoms with Gasteiger partial charge >= 0.3 is 0 Å². The first-order chi connectivity index (χ1) is 6.27. The zero-order chi connectivity index (χ0) is 9.26. The number of nitrogens with two attached hydrogens (primary N) is 1. The van der Waals surface area contributed by atoms with Crippen molar-refractivity contribution in [3.63, 3.8) is 0 Å². The Labute approximate surface area is 73.8 Å². The van der Waals surface area contributed by atoms with E-state index in [9.17, 15) is 4.39 Å². The summed E-state index contributed by atoms with van der Waals surface area (Å²) in [6, 6.07) is 2.84. The summed E-state index contributed by atoms with van der Waals surface area (Å²) in [5.41, 5.74) is 5.91. The number of pyridine rings is 1. The topological polar surface area (TPSA) is 56.7 Å². The Morgan fingerprint density at radius 1 is 1.46 bits per heavy atom. The lowest BCUT2D eigenvalue weighted by Gasteiger charge is -1.99. The fourth-order valence-electron chi connectivity index (χ4n) is 0.999. The maximum Gasteiger partial charge on any atom is 0.189 e. The molecule has 4 nitrogen and oxygen atoms in total. The van der Waals surface area contributed by atoms with E-state index in [1.807, 2.05) is 0 Å². The zero-order valence-electron chi connectivity index (χ0n) is 6.68. The molecule has 0 aliphatic rings. The van der Waals surface area contributed by atoms with Gasteiger partial charge in [0.25, 0.3) is 0 Å². The molecule has 13 heavy (non-hydrogen) atoms. The molecule has 2 N–H and O–H groups in total. The van der Waals surface area contributed by atoms with Crippen LogP contribution in [0.25, 0.3) is 5.82 Å². The number of nitrogens with zero attached hydrogens (tertiary/aromatic N) is 3. The molecule has 5 heteroatoms. The van der Waals surface area contributed by atoms with Crippen LogP contribution in [0.2, 0.25) is 0 Å². The summed E-state index contributed by atoms with van der Waals surface area (Å²) in [6.45, 7) is 0. The van der Waals surface area contributed by atoms with Crippen LogP contribution in [0.15, 0.2) is 30.7 Å². The van der Waals surface area contributed by atoms with E-state index >= 15 is 0 Å². The van der Waals surface area contributed by atoms with Crippen molar-refractivity contribution in [3.05, 3.63) is 36.5 Å². The minimum atomic E-state index is -0.425. The van der Waals surface area contributed by atoms with E-state index in [4.69, 9.17) is 5.73 Å². The molecule has 0 atom stereocenters. The van der Waals surface area contributed by atoms with Crippen molar-refractivity contribution in [2.45, 2.75) is 0 Å². The second-order valence-corrected chi connectivity index (χ2v) is 2.53. The first-order valence-electron chi connectivity index (χ1n) is 3.68. The average molecular weight is 178 g/mol. The van der Waals surface area contributed by atoms with Gasteiger partial charge in [-0.15, -0.1) is 0 Å². The average Bonchev–Trinajstić information content (AvgIpc) is 2.53. The standard InChI is InChI=1S/C8H7FN4/c9-7-2-1-3-11-8(7)13-5-6(10)4-12-13/h1-5H,10H2. The Morgan fingerprint density at radius 3 is 2.92 bits per heavy atom. The summed E-state index contributed by atoms with van der Waals surface area (Å²) < 4.78 is 14.4. The van der Waals surface area contributed by atoms with Gasteiger partial charge < -0.3 is 5.73 Å². The Hall–Kier alpha value is -1.91. The van der Waals surface area contributed by atoms with E-state index < -0.39 is 5.82 Å². The van der Waals surface area contributed by atoms with Crippen LogP contribution in [0, 0.1) is 5.82 Å². The second-order valence-electron chi connectivity index (χ2n) is 2.53. The van der Waals surface area contributed by atoms with Crippen LogP contribution >= 0.6 is 0 Å². The van der Waals surface area contributed by atoms with Crippen LogP contribution < -0.4 is 5.73 Å². The lowest BCUT2D eigenvalue weighted by Crippen LogP contribution is -2.00. The van der Waals surface area contributed by atoms with Crippen LogP contribution in [0.1, 0.15) is 0 Å². The van der Waals surface area contributed by atoms with Crippen molar-refractivity contribution in [1.29, 1.82) is 0 Å². The summed E-state index contributed by atoms with van der Waals surface area (Å²) in [6.07, 6.45) is 4.44. The quantitative estimate of drug-likeness (QED) is 0.708. The van der Waals surface area contributed by atoms with Gasteiger partial charge in [-0.05, 0) is 12.1 Å². The number of halogens is 1. The number of nitrogen functional groups attached to an aromatic ring is 1. The van der Waals surface area contributed by atoms with Crippen molar-refractivity contribution in [3.8, 4) is 5.82 Å². The van der Waals surface area contributed by atoms with Gasteiger partial charge in [0, 0.05) is 6.20 Å². The molecule has 0 saturated heterocycles. The van der Waals surface area contributed by atoms with E-state index in [1.54, 1.807) is 0 Å². The molecule has 2 rings (SSSR count). The van der Waals surface area contributed by atoms with E-state index in [0.717, 1.165) is 0 Å². The van der Waals surface area contributed by atoms with E-state index in [1.165, 1.54) is 35.4 Å². The molecule has 0 unspecified atom stereocenters. The third-order valence-electron chi connectivity index (χ3n) is 1.56. The molecular formula is C8H7FN4. The fraction of sp³-hybridized carbons (Fsp3) is 0. The van der Waals surface area contributed by atoms with E-state index in [2.05, 4.69) is 10.1 Å². The molecule has 66 valence electrons. The SMILES string of the molecule is Nc1cnn(-c2ncccc2F)c1. The predicted octanol–water partition coefficient (Wildman–Crippen LogP) is 0.989. The first-order valence-corrected chi connectivity index (χ1v) is 3.68. The van der Waals surface area contributed by atoms with Crippen LogP contribution in [0.3, 0.4) is 0 Å². The number of anilines is 1. The second kappa shape index (κ2) is 2.85. The van der Waals surface area contributed by atoms with Crippen LogP contribution in [0.5, 0.6) is 0 Å². The summed E-state index contributed by atoms with van der Waals surface area (Å²) in [4.78, 5) is 3.83. The molecule has 2 aromatic rings. The summed E-state index contributed by atoms with van der Waals surface area (Å²) >= 11 is 0. The lowest BCUT2D eigenvalue weighted by molar-refractivity contribution is 0.600. The molecular weight excluding hydrogens is 171 g/mol. The van der Waals surface area contributed by atoms with Gasteiger partial charge in [-0.25, -0.2) is 14.1 Å². The van der Waals surface area contributed by atoms with Crippen LogP contribution in [-0.4, -0.2) is 14.8 Å². The smallest absolute Gasteiger partial charge is 0.189 e. The van der Waals surface area contributed by atoms with E-state index in [-0.39, 0.29) is 5.82 Å². The molecule has 0 fully saturated rings. The third-order valence-corrected chi connectivity index (χ3v) is 1.56. The summed E-state index contributed by atoms with van der Waals surface area (Å²) in [5, 5.41) is 3.84. The molecule has 0 aliphatic heterocycles. The third kappa shape index (κ3) is 1.35. The van der Waals surface area contributed by atoms with Crippen molar-refractivity contribution < 1.29 is 4.39 Å². The number of aromatic nitrogens is 3. The maximum absolute atomic E-state index is 13.1. The molecule has 0 amide bonds. The maximum atomic E-state index is 13.1. The monoisotopic (exact) mass is 178 g/mol. The van der Waals surface area contributed by atoms with Crippen molar-refractivity contribution in [2.75, 3.05) is 5.73 Å². The minimum Gasteiger partial charge on any atom is -0.396 e. The number of hydrogen-bond acceptors (Lipinski definition) is 3. The van der Waals surface area contributed by atoms with Gasteiger partial charge in [-0.3, -0.25) is 0 Å². The van der Waals surface area contributed by atoms with Gasteiger partial charge in [0.2, 0.25) is 0 Å². The van der Waals surface area contributed by atoms with Gasteiger partial charge in [0.15, 0.2) is 11.6 Å². The highest BCUT2D eigenvalue weighted by Gasteiger charge is 2.04. The Morgan fingerprint density at radius 2 is 2.31 bits per heavy atom. The predicted molar refractivity (Wildman–Crippen MR) is 45.7 cm³/mol. The molecule has 2 aromatic heterocycles. The molecule has 0 aliphatic carbocycles. The Bertz CT molecular complexity index is 424. The van der Waals surface area contributed by atoms with E-state index in [0.29, 0.717) is 5.69 Å². The highest BCUT2D eigenvalue weighted by molar-refractivity contribution is 5.35. The Kier molecular flexibility index (Phi) is 1.70. The zero-order valence-corrected chi connectivity index (χ0v) is 6.68. The first kappa shape index (κ1) is 7.72. The fourth-order valence-corrected chi connectivity index (χ4v) is 0.999. The molecule has 2 heterocycles. The van der Waals surface area contributed by atoms with Crippen molar-refractivity contribution in [1.82, 2.24) is 14.8 Å². The number of rotatable bonds is 1. The summed E-state index contributed by atoms with van der Waals surface area (Å²) in [7, 11) is 0. The van der Waals surface area contributed by atoms with Gasteiger partial charge in [0.05, 0.1) is 18.1 Å². The van der Waals surface area contributed by atoms with Crippen LogP contribution in [-0.2, 0) is 0 Å². The largest absolute Gasteiger partial charge is 0.396 e. The highest BCUT2D eigenvalue weighted by atomic mass is 19.1. The molecule has 0 spiro atoms. The summed E-state index contributed by atoms with van der Waals surface area (Å²) in [5.74, 6) is -0.273. The van der Waals surface area contributed by atoms with Gasteiger partial charge in [-0.2, -0.15) is 5.10 Å². The molecule has 0 bridgehead atoms. The molecule has 0 aromatic carbocycles. The molecule has 0 radical (unpaired) electrons.